The first-order chi connectivity index (χ1) is 8.25. The zero-order chi connectivity index (χ0) is 13.9. The average Bonchev–Trinajstić information content (AvgIpc) is 2.27. The number of methoxy groups -OCH3 is 1. The molecule has 100 valence electrons. The van der Waals surface area contributed by atoms with Gasteiger partial charge in [-0.05, 0) is 24.1 Å². The van der Waals surface area contributed by atoms with Crippen molar-refractivity contribution in [3.05, 3.63) is 23.8 Å². The molecule has 0 saturated heterocycles. The van der Waals surface area contributed by atoms with Crippen molar-refractivity contribution in [3.63, 3.8) is 0 Å². The van der Waals surface area contributed by atoms with Crippen molar-refractivity contribution in [1.82, 2.24) is 0 Å². The number of aliphatic carboxylic acids is 1. The number of sulfone groups is 1. The lowest BCUT2D eigenvalue weighted by molar-refractivity contribution is -0.138. The Bertz CT molecular complexity index is 553. The van der Waals surface area contributed by atoms with Crippen molar-refractivity contribution in [3.8, 4) is 5.75 Å². The fourth-order valence-corrected chi connectivity index (χ4v) is 2.36. The molecule has 0 fully saturated rings. The highest BCUT2D eigenvalue weighted by Gasteiger charge is 2.17. The predicted octanol–water partition coefficient (Wildman–Crippen LogP) is 0.0531. The number of carboxylic acids is 1. The molecule has 1 unspecified atom stereocenters. The maximum Gasteiger partial charge on any atom is 0.320 e. The molecular formula is C11H15NO5S. The third-order valence-electron chi connectivity index (χ3n) is 2.40. The van der Waals surface area contributed by atoms with E-state index in [4.69, 9.17) is 15.6 Å². The molecule has 1 atom stereocenters. The molecular weight excluding hydrogens is 258 g/mol. The summed E-state index contributed by atoms with van der Waals surface area (Å²) in [6, 6.07) is 3.40. The van der Waals surface area contributed by atoms with Crippen LogP contribution in [-0.4, -0.2) is 38.9 Å². The molecule has 0 aliphatic carbocycles. The Balaban J connectivity index is 3.15. The molecule has 0 bridgehead atoms. The molecule has 18 heavy (non-hydrogen) atoms. The van der Waals surface area contributed by atoms with Crippen LogP contribution in [0.5, 0.6) is 5.75 Å². The minimum absolute atomic E-state index is 0.0279. The van der Waals surface area contributed by atoms with Gasteiger partial charge in [0.25, 0.3) is 0 Å². The maximum atomic E-state index is 11.6. The van der Waals surface area contributed by atoms with E-state index in [0.717, 1.165) is 6.26 Å². The van der Waals surface area contributed by atoms with Gasteiger partial charge < -0.3 is 15.6 Å². The van der Waals surface area contributed by atoms with Crippen LogP contribution >= 0.6 is 0 Å². The first-order valence-corrected chi connectivity index (χ1v) is 7.00. The third kappa shape index (κ3) is 3.44. The number of carboxylic acid groups (broad SMARTS) is 1. The lowest BCUT2D eigenvalue weighted by atomic mass is 10.1. The highest BCUT2D eigenvalue weighted by Crippen LogP contribution is 2.25. The van der Waals surface area contributed by atoms with Crippen molar-refractivity contribution in [2.75, 3.05) is 13.4 Å². The number of hydrogen-bond donors (Lipinski definition) is 2. The summed E-state index contributed by atoms with van der Waals surface area (Å²) in [6.07, 6.45) is 1.12. The van der Waals surface area contributed by atoms with Gasteiger partial charge in [0.2, 0.25) is 0 Å². The van der Waals surface area contributed by atoms with Gasteiger partial charge in [-0.2, -0.15) is 0 Å². The second-order valence-electron chi connectivity index (χ2n) is 3.91. The van der Waals surface area contributed by atoms with Crippen LogP contribution < -0.4 is 10.5 Å². The normalized spacial score (nSPS) is 13.1. The van der Waals surface area contributed by atoms with Crippen LogP contribution in [0.3, 0.4) is 0 Å². The molecule has 0 saturated carbocycles. The van der Waals surface area contributed by atoms with E-state index >= 15 is 0 Å². The number of rotatable bonds is 5. The monoisotopic (exact) mass is 273 g/mol. The molecule has 1 aromatic carbocycles. The van der Waals surface area contributed by atoms with E-state index in [1.807, 2.05) is 0 Å². The second kappa shape index (κ2) is 5.36. The van der Waals surface area contributed by atoms with Gasteiger partial charge in [0.1, 0.15) is 16.7 Å². The van der Waals surface area contributed by atoms with Gasteiger partial charge in [-0.15, -0.1) is 0 Å². The van der Waals surface area contributed by atoms with Crippen molar-refractivity contribution >= 4 is 15.8 Å². The number of benzene rings is 1. The van der Waals surface area contributed by atoms with Gasteiger partial charge >= 0.3 is 5.97 Å². The molecule has 0 aromatic heterocycles. The summed E-state index contributed by atoms with van der Waals surface area (Å²) < 4.78 is 28.1. The lowest BCUT2D eigenvalue weighted by Gasteiger charge is -2.11. The van der Waals surface area contributed by atoms with Crippen LogP contribution in [0.2, 0.25) is 0 Å². The van der Waals surface area contributed by atoms with Crippen molar-refractivity contribution < 1.29 is 23.1 Å². The first kappa shape index (κ1) is 14.5. The minimum atomic E-state index is -3.44. The Morgan fingerprint density at radius 2 is 2.11 bits per heavy atom. The fourth-order valence-electron chi connectivity index (χ4n) is 1.48. The first-order valence-electron chi connectivity index (χ1n) is 5.11. The summed E-state index contributed by atoms with van der Waals surface area (Å²) in [5.41, 5.74) is 5.93. The Morgan fingerprint density at radius 1 is 1.50 bits per heavy atom. The SMILES string of the molecule is COc1ccc(CC(N)C(=O)O)cc1S(C)(=O)=O. The quantitative estimate of drug-likeness (QED) is 0.785. The van der Waals surface area contributed by atoms with Gasteiger partial charge in [0, 0.05) is 6.26 Å². The smallest absolute Gasteiger partial charge is 0.320 e. The minimum Gasteiger partial charge on any atom is -0.495 e. The highest BCUT2D eigenvalue weighted by atomic mass is 32.2. The molecule has 0 amide bonds. The Hall–Kier alpha value is -1.60. The molecule has 1 aromatic rings. The summed E-state index contributed by atoms with van der Waals surface area (Å²) in [6.45, 7) is 0. The van der Waals surface area contributed by atoms with E-state index in [1.54, 1.807) is 6.07 Å². The van der Waals surface area contributed by atoms with E-state index in [2.05, 4.69) is 0 Å². The number of carbonyl (C=O) groups is 1. The molecule has 3 N–H and O–H groups in total. The highest BCUT2D eigenvalue weighted by molar-refractivity contribution is 7.90. The summed E-state index contributed by atoms with van der Waals surface area (Å²) in [7, 11) is -2.07. The van der Waals surface area contributed by atoms with Gasteiger partial charge in [-0.25, -0.2) is 8.42 Å². The van der Waals surface area contributed by atoms with E-state index in [0.29, 0.717) is 5.56 Å². The average molecular weight is 273 g/mol. The molecule has 7 heteroatoms. The summed E-state index contributed by atoms with van der Waals surface area (Å²) in [5.74, 6) is -0.906. The largest absolute Gasteiger partial charge is 0.495 e. The number of hydrogen-bond acceptors (Lipinski definition) is 5. The standard InChI is InChI=1S/C11H15NO5S/c1-17-9-4-3-7(5-8(12)11(13)14)6-10(9)18(2,15)16/h3-4,6,8H,5,12H2,1-2H3,(H,13,14). The van der Waals surface area contributed by atoms with Gasteiger partial charge in [0.15, 0.2) is 9.84 Å². The zero-order valence-electron chi connectivity index (χ0n) is 10.1. The van der Waals surface area contributed by atoms with Gasteiger partial charge in [-0.1, -0.05) is 6.07 Å². The van der Waals surface area contributed by atoms with Crippen molar-refractivity contribution in [1.29, 1.82) is 0 Å². The Kier molecular flexibility index (Phi) is 4.31. The van der Waals surface area contributed by atoms with E-state index in [1.165, 1.54) is 19.2 Å². The van der Waals surface area contributed by atoms with Gasteiger partial charge in [-0.3, -0.25) is 4.79 Å². The lowest BCUT2D eigenvalue weighted by Crippen LogP contribution is -2.32. The van der Waals surface area contributed by atoms with E-state index < -0.39 is 21.8 Å². The van der Waals surface area contributed by atoms with Crippen LogP contribution in [0.15, 0.2) is 23.1 Å². The van der Waals surface area contributed by atoms with E-state index in [9.17, 15) is 13.2 Å². The van der Waals surface area contributed by atoms with Crippen molar-refractivity contribution in [2.45, 2.75) is 17.4 Å². The maximum absolute atomic E-state index is 11.6. The van der Waals surface area contributed by atoms with Crippen LogP contribution in [0, 0.1) is 0 Å². The summed E-state index contributed by atoms with van der Waals surface area (Å²) in [4.78, 5) is 10.7. The summed E-state index contributed by atoms with van der Waals surface area (Å²) in [5, 5.41) is 8.71. The van der Waals surface area contributed by atoms with Crippen LogP contribution in [-0.2, 0) is 21.1 Å². The Labute approximate surface area is 105 Å². The third-order valence-corrected chi connectivity index (χ3v) is 3.52. The molecule has 0 spiro atoms. The fraction of sp³-hybridized carbons (Fsp3) is 0.364. The van der Waals surface area contributed by atoms with E-state index in [-0.39, 0.29) is 17.1 Å². The molecule has 0 aliphatic heterocycles. The van der Waals surface area contributed by atoms with Crippen LogP contribution in [0.25, 0.3) is 0 Å². The van der Waals surface area contributed by atoms with Crippen molar-refractivity contribution in [2.24, 2.45) is 5.73 Å². The van der Waals surface area contributed by atoms with Crippen LogP contribution in [0.4, 0.5) is 0 Å². The van der Waals surface area contributed by atoms with Crippen LogP contribution in [0.1, 0.15) is 5.56 Å². The molecule has 1 rings (SSSR count). The summed E-state index contributed by atoms with van der Waals surface area (Å²) >= 11 is 0. The predicted molar refractivity (Wildman–Crippen MR) is 65.4 cm³/mol. The molecule has 0 aliphatic rings. The molecule has 0 heterocycles. The Morgan fingerprint density at radius 3 is 2.56 bits per heavy atom. The number of nitrogens with two attached hydrogens (primary N) is 1. The molecule has 6 nitrogen and oxygen atoms in total. The second-order valence-corrected chi connectivity index (χ2v) is 5.89. The zero-order valence-corrected chi connectivity index (χ0v) is 10.9. The molecule has 0 radical (unpaired) electrons. The number of ether oxygens (including phenoxy) is 1. The van der Waals surface area contributed by atoms with Gasteiger partial charge in [0.05, 0.1) is 7.11 Å². The topological polar surface area (TPSA) is 107 Å².